The number of carbonyl (C=O) groups is 1. The largest absolute Gasteiger partial charge is 0.325 e. The predicted molar refractivity (Wildman–Crippen MR) is 67.5 cm³/mol. The van der Waals surface area contributed by atoms with E-state index >= 15 is 0 Å². The Morgan fingerprint density at radius 3 is 2.82 bits per heavy atom. The Bertz CT molecular complexity index is 378. The van der Waals surface area contributed by atoms with Gasteiger partial charge in [0.15, 0.2) is 0 Å². The summed E-state index contributed by atoms with van der Waals surface area (Å²) in [5, 5.41) is 2.78. The van der Waals surface area contributed by atoms with Crippen LogP contribution in [0.2, 0.25) is 5.02 Å². The zero-order valence-electron chi connectivity index (χ0n) is 9.67. The van der Waals surface area contributed by atoms with Crippen LogP contribution in [0.3, 0.4) is 0 Å². The highest BCUT2D eigenvalue weighted by Gasteiger charge is 2.13. The Balaban J connectivity index is 2.61. The van der Waals surface area contributed by atoms with Gasteiger partial charge in [-0.05, 0) is 24.6 Å². The van der Waals surface area contributed by atoms with Crippen LogP contribution in [-0.4, -0.2) is 11.9 Å². The van der Waals surface area contributed by atoms with Gasteiger partial charge in [-0.2, -0.15) is 0 Å². The number of unbranched alkanes of at least 4 members (excludes halogenated alkanes) is 1. The fourth-order valence-electron chi connectivity index (χ4n) is 1.42. The van der Waals surface area contributed by atoms with Crippen molar-refractivity contribution in [3.05, 3.63) is 29.0 Å². The molecule has 0 bridgehead atoms. The molecule has 5 heteroatoms. The molecule has 0 saturated heterocycles. The van der Waals surface area contributed by atoms with Crippen molar-refractivity contribution < 1.29 is 9.18 Å². The average Bonchev–Trinajstić information content (AvgIpc) is 2.24. The normalized spacial score (nSPS) is 12.2. The van der Waals surface area contributed by atoms with E-state index in [4.69, 9.17) is 17.3 Å². The van der Waals surface area contributed by atoms with Crippen LogP contribution in [0.4, 0.5) is 10.1 Å². The van der Waals surface area contributed by atoms with Crippen molar-refractivity contribution in [1.82, 2.24) is 0 Å². The maximum absolute atomic E-state index is 13.0. The second-order valence-electron chi connectivity index (χ2n) is 3.90. The van der Waals surface area contributed by atoms with Gasteiger partial charge in [0.2, 0.25) is 5.91 Å². The highest BCUT2D eigenvalue weighted by Crippen LogP contribution is 2.18. The molecule has 3 N–H and O–H groups in total. The molecule has 0 radical (unpaired) electrons. The van der Waals surface area contributed by atoms with Crippen molar-refractivity contribution in [2.45, 2.75) is 32.2 Å². The molecule has 1 aromatic rings. The quantitative estimate of drug-likeness (QED) is 0.853. The summed E-state index contributed by atoms with van der Waals surface area (Å²) in [6, 6.07) is 3.29. The lowest BCUT2D eigenvalue weighted by Crippen LogP contribution is -2.35. The van der Waals surface area contributed by atoms with E-state index in [1.54, 1.807) is 0 Å². The van der Waals surface area contributed by atoms with Gasteiger partial charge in [0.05, 0.1) is 6.04 Å². The fourth-order valence-corrected chi connectivity index (χ4v) is 1.64. The first-order chi connectivity index (χ1) is 8.02. The van der Waals surface area contributed by atoms with Crippen LogP contribution in [0.1, 0.15) is 26.2 Å². The molecule has 3 nitrogen and oxygen atoms in total. The van der Waals surface area contributed by atoms with Crippen molar-refractivity contribution in [3.8, 4) is 0 Å². The number of nitrogens with one attached hydrogen (secondary N) is 1. The topological polar surface area (TPSA) is 55.1 Å². The number of amides is 1. The molecule has 17 heavy (non-hydrogen) atoms. The van der Waals surface area contributed by atoms with Crippen molar-refractivity contribution in [1.29, 1.82) is 0 Å². The summed E-state index contributed by atoms with van der Waals surface area (Å²) in [6.45, 7) is 2.02. The van der Waals surface area contributed by atoms with Crippen molar-refractivity contribution in [2.24, 2.45) is 5.73 Å². The van der Waals surface area contributed by atoms with Crippen LogP contribution < -0.4 is 11.1 Å². The standard InChI is InChI=1S/C12H16ClFN2O/c1-2-3-4-11(15)12(17)16-10-6-8(13)5-9(14)7-10/h5-7,11H,2-4,15H2,1H3,(H,16,17). The Labute approximate surface area is 105 Å². The first-order valence-corrected chi connectivity index (χ1v) is 5.93. The molecule has 0 aliphatic heterocycles. The number of anilines is 1. The minimum atomic E-state index is -0.572. The summed E-state index contributed by atoms with van der Waals surface area (Å²) in [6.07, 6.45) is 2.48. The third-order valence-corrected chi connectivity index (χ3v) is 2.55. The lowest BCUT2D eigenvalue weighted by atomic mass is 10.1. The Hall–Kier alpha value is -1.13. The summed E-state index contributed by atoms with van der Waals surface area (Å²) in [5.41, 5.74) is 6.01. The second-order valence-corrected chi connectivity index (χ2v) is 4.33. The van der Waals surface area contributed by atoms with Crippen LogP contribution in [0.5, 0.6) is 0 Å². The Morgan fingerprint density at radius 1 is 1.53 bits per heavy atom. The van der Waals surface area contributed by atoms with Gasteiger partial charge in [-0.15, -0.1) is 0 Å². The molecule has 1 amide bonds. The smallest absolute Gasteiger partial charge is 0.241 e. The first-order valence-electron chi connectivity index (χ1n) is 5.55. The molecule has 0 aliphatic rings. The van der Waals surface area contributed by atoms with Gasteiger partial charge >= 0.3 is 0 Å². The van der Waals surface area contributed by atoms with Gasteiger partial charge in [0.25, 0.3) is 0 Å². The van der Waals surface area contributed by atoms with E-state index in [0.717, 1.165) is 12.8 Å². The molecule has 0 fully saturated rings. The van der Waals surface area contributed by atoms with Gasteiger partial charge in [-0.3, -0.25) is 4.79 Å². The van der Waals surface area contributed by atoms with Crippen LogP contribution in [0, 0.1) is 5.82 Å². The summed E-state index contributed by atoms with van der Waals surface area (Å²) >= 11 is 5.67. The lowest BCUT2D eigenvalue weighted by molar-refractivity contribution is -0.117. The fraction of sp³-hybridized carbons (Fsp3) is 0.417. The highest BCUT2D eigenvalue weighted by atomic mass is 35.5. The van der Waals surface area contributed by atoms with E-state index in [2.05, 4.69) is 5.32 Å². The minimum absolute atomic E-state index is 0.238. The van der Waals surface area contributed by atoms with E-state index in [9.17, 15) is 9.18 Å². The van der Waals surface area contributed by atoms with E-state index in [1.165, 1.54) is 18.2 Å². The summed E-state index contributed by atoms with van der Waals surface area (Å²) in [4.78, 5) is 11.6. The number of nitrogens with two attached hydrogens (primary N) is 1. The van der Waals surface area contributed by atoms with Gasteiger partial charge < -0.3 is 11.1 Å². The number of carbonyl (C=O) groups excluding carboxylic acids is 1. The lowest BCUT2D eigenvalue weighted by Gasteiger charge is -2.12. The number of benzene rings is 1. The van der Waals surface area contributed by atoms with Crippen LogP contribution in [0.25, 0.3) is 0 Å². The van der Waals surface area contributed by atoms with Gasteiger partial charge in [0.1, 0.15) is 5.82 Å². The molecular formula is C12H16ClFN2O. The monoisotopic (exact) mass is 258 g/mol. The summed E-state index contributed by atoms with van der Waals surface area (Å²) < 4.78 is 13.0. The van der Waals surface area contributed by atoms with Crippen molar-refractivity contribution in [2.75, 3.05) is 5.32 Å². The molecule has 0 aromatic heterocycles. The zero-order chi connectivity index (χ0) is 12.8. The predicted octanol–water partition coefficient (Wildman–Crippen LogP) is 2.94. The molecule has 94 valence electrons. The number of rotatable bonds is 5. The molecule has 1 atom stereocenters. The molecule has 1 rings (SSSR count). The zero-order valence-corrected chi connectivity index (χ0v) is 10.4. The number of halogens is 2. The van der Waals surface area contributed by atoms with Gasteiger partial charge in [0, 0.05) is 10.7 Å². The van der Waals surface area contributed by atoms with E-state index in [-0.39, 0.29) is 10.9 Å². The van der Waals surface area contributed by atoms with E-state index < -0.39 is 11.9 Å². The molecule has 0 heterocycles. The van der Waals surface area contributed by atoms with Crippen LogP contribution >= 0.6 is 11.6 Å². The third kappa shape index (κ3) is 4.71. The summed E-state index contributed by atoms with van der Waals surface area (Å²) in [5.74, 6) is -0.810. The highest BCUT2D eigenvalue weighted by molar-refractivity contribution is 6.30. The van der Waals surface area contributed by atoms with Crippen LogP contribution in [0.15, 0.2) is 18.2 Å². The molecular weight excluding hydrogens is 243 g/mol. The first kappa shape index (κ1) is 13.9. The molecule has 0 aliphatic carbocycles. The summed E-state index contributed by atoms with van der Waals surface area (Å²) in [7, 11) is 0. The van der Waals surface area contributed by atoms with Crippen LogP contribution in [-0.2, 0) is 4.79 Å². The van der Waals surface area contributed by atoms with Crippen molar-refractivity contribution in [3.63, 3.8) is 0 Å². The third-order valence-electron chi connectivity index (χ3n) is 2.34. The maximum Gasteiger partial charge on any atom is 0.241 e. The molecule has 1 aromatic carbocycles. The van der Waals surface area contributed by atoms with Crippen molar-refractivity contribution >= 4 is 23.2 Å². The van der Waals surface area contributed by atoms with E-state index in [1.807, 2.05) is 6.92 Å². The SMILES string of the molecule is CCCCC(N)C(=O)Nc1cc(F)cc(Cl)c1. The molecule has 1 unspecified atom stereocenters. The second kappa shape index (κ2) is 6.57. The van der Waals surface area contributed by atoms with Gasteiger partial charge in [-0.25, -0.2) is 4.39 Å². The number of hydrogen-bond acceptors (Lipinski definition) is 2. The Morgan fingerprint density at radius 2 is 2.24 bits per heavy atom. The average molecular weight is 259 g/mol. The molecule has 0 saturated carbocycles. The maximum atomic E-state index is 13.0. The number of hydrogen-bond donors (Lipinski definition) is 2. The Kier molecular flexibility index (Phi) is 5.38. The minimum Gasteiger partial charge on any atom is -0.325 e. The molecule has 0 spiro atoms. The van der Waals surface area contributed by atoms with Gasteiger partial charge in [-0.1, -0.05) is 31.4 Å². The van der Waals surface area contributed by atoms with E-state index in [0.29, 0.717) is 12.1 Å².